The summed E-state index contributed by atoms with van der Waals surface area (Å²) in [6.07, 6.45) is 4.73. The van der Waals surface area contributed by atoms with Crippen LogP contribution in [0.5, 0.6) is 0 Å². The van der Waals surface area contributed by atoms with Crippen LogP contribution in [0.15, 0.2) is 75.3 Å². The van der Waals surface area contributed by atoms with E-state index in [1.165, 1.54) is 59.2 Å². The first-order chi connectivity index (χ1) is 16.6. The molecule has 1 unspecified atom stereocenters. The summed E-state index contributed by atoms with van der Waals surface area (Å²) in [5.41, 5.74) is 9.78. The first-order valence-electron chi connectivity index (χ1n) is 13.0. The summed E-state index contributed by atoms with van der Waals surface area (Å²) in [5.74, 6) is 0.554. The van der Waals surface area contributed by atoms with E-state index in [0.717, 1.165) is 6.42 Å². The second-order valence-corrected chi connectivity index (χ2v) is 15.6. The van der Waals surface area contributed by atoms with Crippen molar-refractivity contribution in [2.45, 2.75) is 68.2 Å². The van der Waals surface area contributed by atoms with Gasteiger partial charge in [0.05, 0.1) is 0 Å². The normalized spacial score (nSPS) is 13.8. The molecule has 1 atom stereocenters. The van der Waals surface area contributed by atoms with Gasteiger partial charge in [0.15, 0.2) is 0 Å². The molecule has 0 amide bonds. The molecule has 4 rings (SSSR count). The molecule has 5 heteroatoms. The molecule has 1 aliphatic rings. The van der Waals surface area contributed by atoms with E-state index in [-0.39, 0.29) is 37.2 Å². The summed E-state index contributed by atoms with van der Waals surface area (Å²) < 4.78 is 1.49. The van der Waals surface area contributed by atoms with Crippen LogP contribution in [0.2, 0.25) is 0 Å². The summed E-state index contributed by atoms with van der Waals surface area (Å²) in [6, 6.07) is 22.0. The quantitative estimate of drug-likeness (QED) is 0.217. The molecule has 0 nitrogen and oxygen atoms in total. The summed E-state index contributed by atoms with van der Waals surface area (Å²) >= 11 is 2.35. The van der Waals surface area contributed by atoms with E-state index >= 15 is 0 Å². The van der Waals surface area contributed by atoms with Crippen LogP contribution in [0.3, 0.4) is 0 Å². The molecule has 0 heterocycles. The first-order valence-corrected chi connectivity index (χ1v) is 15.8. The van der Waals surface area contributed by atoms with E-state index in [0.29, 0.717) is 5.92 Å². The molecule has 0 saturated carbocycles. The Kier molecular flexibility index (Phi) is 12.9. The van der Waals surface area contributed by atoms with Gasteiger partial charge in [0.1, 0.15) is 0 Å². The molecule has 0 fully saturated rings. The van der Waals surface area contributed by atoms with Crippen LogP contribution in [-0.4, -0.2) is 8.07 Å². The van der Waals surface area contributed by atoms with Crippen LogP contribution < -0.4 is 52.8 Å². The van der Waals surface area contributed by atoms with Gasteiger partial charge in [-0.2, -0.15) is 0 Å². The van der Waals surface area contributed by atoms with Crippen LogP contribution in [-0.2, 0) is 20.4 Å². The van der Waals surface area contributed by atoms with Crippen molar-refractivity contribution in [3.63, 3.8) is 0 Å². The zero-order valence-corrected chi connectivity index (χ0v) is 28.7. The maximum atomic E-state index is 2.51. The molecule has 0 aromatic heterocycles. The maximum Gasteiger partial charge on any atom is -1.00 e. The average molecular weight is 618 g/mol. The Morgan fingerprint density at radius 1 is 0.632 bits per heavy atom. The summed E-state index contributed by atoms with van der Waals surface area (Å²) in [6.45, 7) is 18.4. The molecule has 1 aliphatic carbocycles. The Hall–Kier alpha value is -1.06. The molecular weight excluding hydrogens is 579 g/mol. The Bertz CT molecular complexity index is 1170. The van der Waals surface area contributed by atoms with Crippen molar-refractivity contribution < 1.29 is 57.7 Å². The van der Waals surface area contributed by atoms with E-state index in [9.17, 15) is 0 Å². The van der Waals surface area contributed by atoms with Crippen molar-refractivity contribution in [1.29, 1.82) is 0 Å². The average Bonchev–Trinajstić information content (AvgIpc) is 3.13. The number of rotatable bonds is 6. The molecule has 0 bridgehead atoms. The molecule has 0 saturated heterocycles. The number of halogens is 3. The fraction of sp³-hybridized carbons (Fsp3) is 0.333. The number of hydrogen-bond acceptors (Lipinski definition) is 0. The maximum absolute atomic E-state index is 2.54. The van der Waals surface area contributed by atoms with Crippen LogP contribution >= 0.6 is 0 Å². The van der Waals surface area contributed by atoms with Crippen molar-refractivity contribution in [2.24, 2.45) is 5.92 Å². The molecule has 200 valence electrons. The Balaban J connectivity index is 0.00000241. The van der Waals surface area contributed by atoms with Gasteiger partial charge in [-0.25, -0.2) is 0 Å². The molecule has 0 N–H and O–H groups in total. The third-order valence-corrected chi connectivity index (χ3v) is 13.2. The molecule has 38 heavy (non-hydrogen) atoms. The summed E-state index contributed by atoms with van der Waals surface area (Å²) in [5, 5.41) is 6.29. The standard InChI is InChI=1S/C33H39Si.3ClH.Ti/c1-9-28(8)32-11-10-12-33(32)34(29-16-22(2)13-23(3)17-29,30-18-24(4)14-25(5)19-30)31-20-26(6)15-27(7)21-31;;;;/h10,13-21,28H,9,12H2,1-8H3;3*1H;/q;;;;+3/p-3. The molecule has 0 aliphatic heterocycles. The van der Waals surface area contributed by atoms with E-state index in [4.69, 9.17) is 0 Å². The second-order valence-electron chi connectivity index (χ2n) is 10.9. The molecule has 3 aromatic rings. The van der Waals surface area contributed by atoms with Crippen LogP contribution in [0.1, 0.15) is 60.1 Å². The fourth-order valence-corrected chi connectivity index (χ4v) is 13.2. The Morgan fingerprint density at radius 3 is 1.24 bits per heavy atom. The summed E-state index contributed by atoms with van der Waals surface area (Å²) in [4.78, 5) is 0. The van der Waals surface area contributed by atoms with Crippen molar-refractivity contribution >= 4 is 23.6 Å². The van der Waals surface area contributed by atoms with Gasteiger partial charge < -0.3 is 37.2 Å². The molecule has 0 radical (unpaired) electrons. The van der Waals surface area contributed by atoms with Gasteiger partial charge in [-0.3, -0.25) is 0 Å². The third-order valence-electron chi connectivity index (χ3n) is 7.65. The molecular formula is C33H39Cl3SiTi. The van der Waals surface area contributed by atoms with Gasteiger partial charge in [0, 0.05) is 0 Å². The van der Waals surface area contributed by atoms with Gasteiger partial charge >= 0.3 is 227 Å². The van der Waals surface area contributed by atoms with E-state index < -0.39 is 8.07 Å². The van der Waals surface area contributed by atoms with Crippen LogP contribution in [0.4, 0.5) is 0 Å². The number of benzene rings is 3. The number of hydrogen-bond donors (Lipinski definition) is 0. The molecule has 0 spiro atoms. The predicted octanol–water partition coefficient (Wildman–Crippen LogP) is -2.26. The smallest absolute Gasteiger partial charge is 1.00 e. The minimum absolute atomic E-state index is 0. The Morgan fingerprint density at radius 2 is 0.947 bits per heavy atom. The topological polar surface area (TPSA) is 0 Å². The van der Waals surface area contributed by atoms with Gasteiger partial charge in [0.2, 0.25) is 0 Å². The number of allylic oxidation sites excluding steroid dienone is 4. The second kappa shape index (κ2) is 14.0. The van der Waals surface area contributed by atoms with Crippen molar-refractivity contribution in [3.8, 4) is 0 Å². The Labute approximate surface area is 262 Å². The van der Waals surface area contributed by atoms with E-state index in [2.05, 4.69) is 136 Å². The fourth-order valence-electron chi connectivity index (χ4n) is 6.30. The number of aryl methyl sites for hydroxylation is 6. The predicted molar refractivity (Wildman–Crippen MR) is 152 cm³/mol. The first kappa shape index (κ1) is 35.0. The third kappa shape index (κ3) is 6.63. The van der Waals surface area contributed by atoms with Gasteiger partial charge in [-0.15, -0.1) is 0 Å². The van der Waals surface area contributed by atoms with Crippen molar-refractivity contribution in [2.75, 3.05) is 0 Å². The van der Waals surface area contributed by atoms with Crippen LogP contribution in [0.25, 0.3) is 0 Å². The largest absolute Gasteiger partial charge is 1.00 e. The van der Waals surface area contributed by atoms with Gasteiger partial charge in [-0.05, 0) is 0 Å². The van der Waals surface area contributed by atoms with Crippen LogP contribution in [0, 0.1) is 47.5 Å². The van der Waals surface area contributed by atoms with E-state index in [1.54, 1.807) is 10.8 Å². The minimum atomic E-state index is -2.54. The van der Waals surface area contributed by atoms with E-state index in [1.807, 2.05) is 0 Å². The SMILES string of the molecule is CCC(C)C1=C([Si](c2cc(C)cc(C)c2)(c2cc(C)cc(C)c2)c2cc(C)cc(C)c2)CC=[C]1[Ti+3].[Cl-].[Cl-].[Cl-]. The van der Waals surface area contributed by atoms with Gasteiger partial charge in [-0.1, -0.05) is 0 Å². The van der Waals surface area contributed by atoms with Crippen molar-refractivity contribution in [3.05, 3.63) is 109 Å². The van der Waals surface area contributed by atoms with Crippen molar-refractivity contribution in [1.82, 2.24) is 0 Å². The zero-order chi connectivity index (χ0) is 25.5. The monoisotopic (exact) mass is 616 g/mol. The van der Waals surface area contributed by atoms with Gasteiger partial charge in [0.25, 0.3) is 0 Å². The zero-order valence-electron chi connectivity index (χ0n) is 23.9. The molecule has 3 aromatic carbocycles. The minimum Gasteiger partial charge on any atom is -1.00 e. The summed E-state index contributed by atoms with van der Waals surface area (Å²) in [7, 11) is -2.54.